The van der Waals surface area contributed by atoms with Crippen LogP contribution in [0.3, 0.4) is 0 Å². The normalized spacial score (nSPS) is 24.1. The molecule has 2 atom stereocenters. The molecule has 9 heteroatoms. The summed E-state index contributed by atoms with van der Waals surface area (Å²) in [6.07, 6.45) is 0.0825. The summed E-state index contributed by atoms with van der Waals surface area (Å²) in [7, 11) is -3.27. The molecule has 2 aliphatic heterocycles. The maximum Gasteiger partial charge on any atom is 0.252 e. The summed E-state index contributed by atoms with van der Waals surface area (Å²) in [6, 6.07) is 10.0. The summed E-state index contributed by atoms with van der Waals surface area (Å²) in [6.45, 7) is 1.92. The van der Waals surface area contributed by atoms with Crippen molar-refractivity contribution >= 4 is 38.4 Å². The SMILES string of the molecule is Cc1cccc(CC(=O)N=C2S[C@@H]3CS(=O)(=O)C[C@H]3N2c2ccc(F)cc2F)c1. The summed E-state index contributed by atoms with van der Waals surface area (Å²) in [4.78, 5) is 18.1. The number of benzene rings is 2. The summed E-state index contributed by atoms with van der Waals surface area (Å²) < 4.78 is 52.0. The van der Waals surface area contributed by atoms with Gasteiger partial charge < -0.3 is 4.90 Å². The Hall–Kier alpha value is -2.26. The second-order valence-corrected chi connectivity index (χ2v) is 10.6. The quantitative estimate of drug-likeness (QED) is 0.740. The number of aryl methyl sites for hydroxylation is 1. The van der Waals surface area contributed by atoms with Crippen molar-refractivity contribution in [3.8, 4) is 0 Å². The van der Waals surface area contributed by atoms with Crippen LogP contribution in [0.1, 0.15) is 11.1 Å². The molecule has 1 amide bonds. The van der Waals surface area contributed by atoms with Gasteiger partial charge in [0.25, 0.3) is 5.91 Å². The number of halogens is 2. The van der Waals surface area contributed by atoms with E-state index in [1.54, 1.807) is 0 Å². The number of carbonyl (C=O) groups excluding carboxylic acids is 1. The van der Waals surface area contributed by atoms with E-state index in [0.29, 0.717) is 0 Å². The van der Waals surface area contributed by atoms with Crippen molar-refractivity contribution in [2.24, 2.45) is 4.99 Å². The lowest BCUT2D eigenvalue weighted by Crippen LogP contribution is -2.38. The fourth-order valence-corrected chi connectivity index (χ4v) is 7.59. The zero-order chi connectivity index (χ0) is 20.8. The summed E-state index contributed by atoms with van der Waals surface area (Å²) in [5, 5.41) is -0.104. The number of amidine groups is 1. The highest BCUT2D eigenvalue weighted by atomic mass is 32.2. The molecule has 4 rings (SSSR count). The van der Waals surface area contributed by atoms with Crippen LogP contribution in [0, 0.1) is 18.6 Å². The van der Waals surface area contributed by atoms with E-state index in [9.17, 15) is 22.0 Å². The van der Waals surface area contributed by atoms with Gasteiger partial charge in [-0.25, -0.2) is 17.2 Å². The van der Waals surface area contributed by atoms with Gasteiger partial charge in [0.05, 0.1) is 29.7 Å². The number of thioether (sulfide) groups is 1. The first-order chi connectivity index (χ1) is 13.7. The van der Waals surface area contributed by atoms with Crippen LogP contribution in [-0.2, 0) is 21.1 Å². The number of fused-ring (bicyclic) bond motifs is 1. The molecule has 0 unspecified atom stereocenters. The fourth-order valence-electron chi connectivity index (χ4n) is 3.67. The standard InChI is InChI=1S/C20H18F2N2O3S2/c1-12-3-2-4-13(7-12)8-19(25)23-20-24(16-6-5-14(21)9-15(16)22)17-10-29(26,27)11-18(17)28-20/h2-7,9,17-18H,8,10-11H2,1H3/t17-,18-/m1/s1. The average Bonchev–Trinajstić information content (AvgIpc) is 3.06. The first-order valence-corrected chi connectivity index (χ1v) is 11.7. The van der Waals surface area contributed by atoms with Crippen molar-refractivity contribution in [3.63, 3.8) is 0 Å². The Kier molecular flexibility index (Phi) is 5.20. The molecule has 2 aliphatic rings. The number of nitrogens with zero attached hydrogens (tertiary/aromatic N) is 2. The van der Waals surface area contributed by atoms with Crippen LogP contribution in [0.2, 0.25) is 0 Å². The highest BCUT2D eigenvalue weighted by Gasteiger charge is 2.50. The second-order valence-electron chi connectivity index (χ2n) is 7.22. The van der Waals surface area contributed by atoms with Gasteiger partial charge in [0, 0.05) is 11.3 Å². The highest BCUT2D eigenvalue weighted by molar-refractivity contribution is 8.16. The molecule has 0 aromatic heterocycles. The first kappa shape index (κ1) is 20.0. The van der Waals surface area contributed by atoms with Gasteiger partial charge in [0.2, 0.25) is 0 Å². The molecule has 2 saturated heterocycles. The highest BCUT2D eigenvalue weighted by Crippen LogP contribution is 2.41. The molecule has 2 aromatic rings. The molecule has 2 aromatic carbocycles. The Morgan fingerprint density at radius 2 is 2.00 bits per heavy atom. The number of aliphatic imine (C=N–C) groups is 1. The van der Waals surface area contributed by atoms with E-state index in [1.165, 1.54) is 11.0 Å². The predicted octanol–water partition coefficient (Wildman–Crippen LogP) is 3.12. The molecule has 0 spiro atoms. The van der Waals surface area contributed by atoms with Crippen molar-refractivity contribution in [3.05, 3.63) is 65.2 Å². The number of sulfone groups is 1. The molecular weight excluding hydrogens is 418 g/mol. The van der Waals surface area contributed by atoms with Gasteiger partial charge in [-0.2, -0.15) is 4.99 Å². The van der Waals surface area contributed by atoms with E-state index >= 15 is 0 Å². The Balaban J connectivity index is 1.67. The van der Waals surface area contributed by atoms with Crippen molar-refractivity contribution in [1.82, 2.24) is 0 Å². The molecule has 0 saturated carbocycles. The molecule has 2 heterocycles. The lowest BCUT2D eigenvalue weighted by atomic mass is 10.1. The van der Waals surface area contributed by atoms with Crippen molar-refractivity contribution in [1.29, 1.82) is 0 Å². The summed E-state index contributed by atoms with van der Waals surface area (Å²) >= 11 is 1.16. The average molecular weight is 437 g/mol. The lowest BCUT2D eigenvalue weighted by molar-refractivity contribution is -0.117. The molecule has 0 radical (unpaired) electrons. The monoisotopic (exact) mass is 436 g/mol. The molecule has 0 aliphatic carbocycles. The maximum atomic E-state index is 14.5. The van der Waals surface area contributed by atoms with Crippen molar-refractivity contribution in [2.45, 2.75) is 24.6 Å². The van der Waals surface area contributed by atoms with E-state index in [2.05, 4.69) is 4.99 Å². The number of hydrogen-bond donors (Lipinski definition) is 0. The minimum atomic E-state index is -3.27. The Morgan fingerprint density at radius 1 is 1.21 bits per heavy atom. The molecule has 0 bridgehead atoms. The third-order valence-corrected chi connectivity index (χ3v) is 8.10. The molecule has 2 fully saturated rings. The smallest absolute Gasteiger partial charge is 0.252 e. The molecule has 5 nitrogen and oxygen atoms in total. The predicted molar refractivity (Wildman–Crippen MR) is 110 cm³/mol. The number of amides is 1. The minimum Gasteiger partial charge on any atom is -0.313 e. The van der Waals surface area contributed by atoms with Crippen LogP contribution in [-0.4, -0.2) is 42.3 Å². The van der Waals surface area contributed by atoms with Crippen LogP contribution in [0.5, 0.6) is 0 Å². The zero-order valence-electron chi connectivity index (χ0n) is 15.5. The van der Waals surface area contributed by atoms with E-state index in [1.807, 2.05) is 31.2 Å². The largest absolute Gasteiger partial charge is 0.313 e. The third kappa shape index (κ3) is 4.20. The van der Waals surface area contributed by atoms with Gasteiger partial charge in [-0.05, 0) is 24.6 Å². The first-order valence-electron chi connectivity index (χ1n) is 9.00. The molecular formula is C20H18F2N2O3S2. The van der Waals surface area contributed by atoms with Gasteiger partial charge in [-0.3, -0.25) is 4.79 Å². The van der Waals surface area contributed by atoms with Gasteiger partial charge in [-0.1, -0.05) is 41.6 Å². The Morgan fingerprint density at radius 3 is 2.72 bits per heavy atom. The molecule has 152 valence electrons. The van der Waals surface area contributed by atoms with Gasteiger partial charge >= 0.3 is 0 Å². The van der Waals surface area contributed by atoms with E-state index in [0.717, 1.165) is 35.0 Å². The summed E-state index contributed by atoms with van der Waals surface area (Å²) in [5.41, 5.74) is 1.85. The molecule has 29 heavy (non-hydrogen) atoms. The number of carbonyl (C=O) groups is 1. The molecule has 0 N–H and O–H groups in total. The van der Waals surface area contributed by atoms with E-state index < -0.39 is 33.4 Å². The van der Waals surface area contributed by atoms with Gasteiger partial charge in [-0.15, -0.1) is 0 Å². The lowest BCUT2D eigenvalue weighted by Gasteiger charge is -2.24. The number of anilines is 1. The van der Waals surface area contributed by atoms with Crippen LogP contribution in [0.4, 0.5) is 14.5 Å². The fraction of sp³-hybridized carbons (Fsp3) is 0.300. The van der Waals surface area contributed by atoms with Gasteiger partial charge in [0.1, 0.15) is 11.6 Å². The Labute approximate surface area is 171 Å². The third-order valence-electron chi connectivity index (χ3n) is 4.89. The van der Waals surface area contributed by atoms with E-state index in [4.69, 9.17) is 0 Å². The van der Waals surface area contributed by atoms with Crippen molar-refractivity contribution in [2.75, 3.05) is 16.4 Å². The van der Waals surface area contributed by atoms with Gasteiger partial charge in [0.15, 0.2) is 15.0 Å². The summed E-state index contributed by atoms with van der Waals surface area (Å²) in [5.74, 6) is -2.19. The number of hydrogen-bond acceptors (Lipinski definition) is 4. The van der Waals surface area contributed by atoms with Crippen molar-refractivity contribution < 1.29 is 22.0 Å². The van der Waals surface area contributed by atoms with Crippen LogP contribution < -0.4 is 4.90 Å². The second kappa shape index (κ2) is 7.53. The Bertz CT molecular complexity index is 1120. The van der Waals surface area contributed by atoms with Crippen LogP contribution in [0.25, 0.3) is 0 Å². The zero-order valence-corrected chi connectivity index (χ0v) is 17.1. The van der Waals surface area contributed by atoms with Crippen LogP contribution >= 0.6 is 11.8 Å². The topological polar surface area (TPSA) is 66.8 Å². The maximum absolute atomic E-state index is 14.5. The number of rotatable bonds is 3. The van der Waals surface area contributed by atoms with Crippen LogP contribution in [0.15, 0.2) is 47.5 Å². The minimum absolute atomic E-state index is 0.0191. The van der Waals surface area contributed by atoms with E-state index in [-0.39, 0.29) is 34.0 Å².